The molecule has 0 bridgehead atoms. The van der Waals surface area contributed by atoms with E-state index in [4.69, 9.17) is 24.4 Å². The normalized spacial score (nSPS) is 13.7. The minimum atomic E-state index is 0.436. The molecule has 72 valence electrons. The highest BCUT2D eigenvalue weighted by Crippen LogP contribution is 1.97. The van der Waals surface area contributed by atoms with Crippen molar-refractivity contribution in [2.75, 3.05) is 0 Å². The first kappa shape index (κ1) is 10.3. The number of hydrogen-bond acceptors (Lipinski definition) is 3. The fourth-order valence-electron chi connectivity index (χ4n) is 0.696. The van der Waals surface area contributed by atoms with Gasteiger partial charge in [0, 0.05) is 6.21 Å². The summed E-state index contributed by atoms with van der Waals surface area (Å²) >= 11 is 9.91. The van der Waals surface area contributed by atoms with E-state index in [-0.39, 0.29) is 0 Å². The molecule has 0 amide bonds. The molecule has 0 aliphatic heterocycles. The Morgan fingerprint density at radius 2 is 2.00 bits per heavy atom. The first-order valence-electron chi connectivity index (χ1n) is 4.09. The highest BCUT2D eigenvalue weighted by Gasteiger charge is 1.95. The van der Waals surface area contributed by atoms with Gasteiger partial charge in [0.2, 0.25) is 9.54 Å². The average molecular weight is 216 g/mol. The molecule has 0 spiro atoms. The van der Waals surface area contributed by atoms with E-state index in [0.29, 0.717) is 15.5 Å². The van der Waals surface area contributed by atoms with Crippen LogP contribution in [-0.2, 0) is 0 Å². The molecule has 1 aromatic rings. The van der Waals surface area contributed by atoms with E-state index in [0.717, 1.165) is 6.42 Å². The van der Waals surface area contributed by atoms with Crippen molar-refractivity contribution in [3.63, 3.8) is 0 Å². The van der Waals surface area contributed by atoms with Crippen LogP contribution in [0.2, 0.25) is 0 Å². The fourth-order valence-corrected chi connectivity index (χ4v) is 1.13. The Balaban J connectivity index is 2.92. The molecule has 0 aromatic carbocycles. The predicted octanol–water partition coefficient (Wildman–Crippen LogP) is 2.48. The third-order valence-corrected chi connectivity index (χ3v) is 2.29. The van der Waals surface area contributed by atoms with Crippen LogP contribution in [-0.4, -0.2) is 21.1 Å². The summed E-state index contributed by atoms with van der Waals surface area (Å²) in [7, 11) is 0. The van der Waals surface area contributed by atoms with Crippen molar-refractivity contribution in [2.45, 2.75) is 20.3 Å². The zero-order chi connectivity index (χ0) is 9.84. The van der Waals surface area contributed by atoms with Gasteiger partial charge in [-0.05, 0) is 36.8 Å². The third kappa shape index (κ3) is 2.60. The molecule has 0 saturated heterocycles. The van der Waals surface area contributed by atoms with E-state index in [2.05, 4.69) is 29.1 Å². The van der Waals surface area contributed by atoms with Gasteiger partial charge in [0.1, 0.15) is 0 Å². The number of aromatic nitrogens is 3. The van der Waals surface area contributed by atoms with Crippen LogP contribution in [0.5, 0.6) is 0 Å². The topological polar surface area (TPSA) is 48.9 Å². The smallest absolute Gasteiger partial charge is 0.215 e. The summed E-state index contributed by atoms with van der Waals surface area (Å²) in [5.41, 5.74) is 0. The molecule has 4 nitrogen and oxygen atoms in total. The van der Waals surface area contributed by atoms with Gasteiger partial charge in [0.15, 0.2) is 0 Å². The van der Waals surface area contributed by atoms with Crippen molar-refractivity contribution in [3.05, 3.63) is 9.54 Å². The van der Waals surface area contributed by atoms with E-state index in [1.165, 1.54) is 4.68 Å². The summed E-state index contributed by atoms with van der Waals surface area (Å²) in [6.45, 7) is 4.19. The SMILES string of the molecule is CCC(C)/C=N/n1c(=S)[nH][nH]c1=S. The minimum absolute atomic E-state index is 0.436. The van der Waals surface area contributed by atoms with Crippen LogP contribution < -0.4 is 0 Å². The molecule has 1 unspecified atom stereocenters. The molecule has 0 radical (unpaired) electrons. The molecule has 1 heterocycles. The van der Waals surface area contributed by atoms with E-state index in [9.17, 15) is 0 Å². The highest BCUT2D eigenvalue weighted by atomic mass is 32.1. The minimum Gasteiger partial charge on any atom is -0.273 e. The van der Waals surface area contributed by atoms with Crippen molar-refractivity contribution in [1.82, 2.24) is 14.9 Å². The predicted molar refractivity (Wildman–Crippen MR) is 58.1 cm³/mol. The quantitative estimate of drug-likeness (QED) is 0.602. The highest BCUT2D eigenvalue weighted by molar-refractivity contribution is 7.72. The maximum absolute atomic E-state index is 4.96. The Hall–Kier alpha value is -0.750. The molecule has 0 saturated carbocycles. The number of H-pyrrole nitrogens is 2. The molecule has 0 aliphatic rings. The molecule has 13 heavy (non-hydrogen) atoms. The van der Waals surface area contributed by atoms with Gasteiger partial charge in [-0.25, -0.2) is 0 Å². The molecule has 0 fully saturated rings. The molecule has 2 N–H and O–H groups in total. The zero-order valence-electron chi connectivity index (χ0n) is 7.57. The average Bonchev–Trinajstić information content (AvgIpc) is 2.43. The van der Waals surface area contributed by atoms with Crippen molar-refractivity contribution in [2.24, 2.45) is 11.0 Å². The first-order chi connectivity index (χ1) is 6.15. The van der Waals surface area contributed by atoms with Gasteiger partial charge in [-0.2, -0.15) is 9.78 Å². The number of nitrogens with one attached hydrogen (secondary N) is 2. The van der Waals surface area contributed by atoms with Crippen LogP contribution >= 0.6 is 24.4 Å². The summed E-state index contributed by atoms with van der Waals surface area (Å²) in [6, 6.07) is 0. The van der Waals surface area contributed by atoms with Crippen LogP contribution in [0.15, 0.2) is 5.10 Å². The molecular weight excluding hydrogens is 204 g/mol. The second kappa shape index (κ2) is 4.48. The lowest BCUT2D eigenvalue weighted by Crippen LogP contribution is -1.97. The van der Waals surface area contributed by atoms with E-state index < -0.39 is 0 Å². The number of hydrogen-bond donors (Lipinski definition) is 2. The molecule has 6 heteroatoms. The maximum Gasteiger partial charge on any atom is 0.215 e. The van der Waals surface area contributed by atoms with Gasteiger partial charge in [-0.3, -0.25) is 10.2 Å². The standard InChI is InChI=1S/C7H12N4S2/c1-3-5(2)4-8-11-6(12)9-10-7(11)13/h4-5H,3H2,1-2H3,(H,9,12)(H,10,13)/b8-4+. The monoisotopic (exact) mass is 216 g/mol. The molecule has 1 atom stereocenters. The molecular formula is C7H12N4S2. The second-order valence-electron chi connectivity index (χ2n) is 2.82. The summed E-state index contributed by atoms with van der Waals surface area (Å²) in [5.74, 6) is 0.436. The van der Waals surface area contributed by atoms with Gasteiger partial charge in [-0.1, -0.05) is 13.8 Å². The molecule has 1 aromatic heterocycles. The van der Waals surface area contributed by atoms with Crippen molar-refractivity contribution < 1.29 is 0 Å². The zero-order valence-corrected chi connectivity index (χ0v) is 9.21. The van der Waals surface area contributed by atoms with Crippen molar-refractivity contribution in [3.8, 4) is 0 Å². The lowest BCUT2D eigenvalue weighted by molar-refractivity contribution is 0.735. The third-order valence-electron chi connectivity index (χ3n) is 1.74. The van der Waals surface area contributed by atoms with Crippen LogP contribution in [0, 0.1) is 15.5 Å². The number of rotatable bonds is 3. The first-order valence-corrected chi connectivity index (χ1v) is 4.91. The van der Waals surface area contributed by atoms with Crippen LogP contribution in [0.3, 0.4) is 0 Å². The lowest BCUT2D eigenvalue weighted by atomic mass is 10.1. The Labute approximate surface area is 86.7 Å². The van der Waals surface area contributed by atoms with E-state index in [1.807, 2.05) is 6.21 Å². The summed E-state index contributed by atoms with van der Waals surface area (Å²) < 4.78 is 2.48. The van der Waals surface area contributed by atoms with Gasteiger partial charge in [-0.15, -0.1) is 0 Å². The summed E-state index contributed by atoms with van der Waals surface area (Å²) in [4.78, 5) is 0. The van der Waals surface area contributed by atoms with Gasteiger partial charge in [0.25, 0.3) is 0 Å². The van der Waals surface area contributed by atoms with E-state index >= 15 is 0 Å². The van der Waals surface area contributed by atoms with Gasteiger partial charge in [0.05, 0.1) is 0 Å². The second-order valence-corrected chi connectivity index (χ2v) is 3.60. The number of nitrogens with zero attached hydrogens (tertiary/aromatic N) is 2. The fraction of sp³-hybridized carbons (Fsp3) is 0.571. The Kier molecular flexibility index (Phi) is 3.56. The van der Waals surface area contributed by atoms with E-state index in [1.54, 1.807) is 0 Å². The summed E-state index contributed by atoms with van der Waals surface area (Å²) in [5, 5.41) is 9.58. The van der Waals surface area contributed by atoms with Gasteiger partial charge < -0.3 is 0 Å². The van der Waals surface area contributed by atoms with Crippen LogP contribution in [0.1, 0.15) is 20.3 Å². The van der Waals surface area contributed by atoms with Crippen LogP contribution in [0.4, 0.5) is 0 Å². The molecule has 1 rings (SSSR count). The van der Waals surface area contributed by atoms with Crippen molar-refractivity contribution >= 4 is 30.7 Å². The Morgan fingerprint density at radius 1 is 1.46 bits per heavy atom. The van der Waals surface area contributed by atoms with Gasteiger partial charge >= 0.3 is 0 Å². The Morgan fingerprint density at radius 3 is 2.46 bits per heavy atom. The maximum atomic E-state index is 4.96. The summed E-state index contributed by atoms with van der Waals surface area (Å²) in [6.07, 6.45) is 2.89. The largest absolute Gasteiger partial charge is 0.273 e. The number of aromatic amines is 2. The molecule has 0 aliphatic carbocycles. The van der Waals surface area contributed by atoms with Crippen molar-refractivity contribution in [1.29, 1.82) is 0 Å². The van der Waals surface area contributed by atoms with Crippen LogP contribution in [0.25, 0.3) is 0 Å². The Bertz CT molecular complexity index is 370. The lowest BCUT2D eigenvalue weighted by Gasteiger charge is -1.97.